The van der Waals surface area contributed by atoms with Crippen molar-refractivity contribution in [1.82, 2.24) is 14.9 Å². The van der Waals surface area contributed by atoms with Gasteiger partial charge in [0, 0.05) is 30.2 Å². The summed E-state index contributed by atoms with van der Waals surface area (Å²) in [6.45, 7) is 6.95. The van der Waals surface area contributed by atoms with Crippen LogP contribution in [0.3, 0.4) is 0 Å². The van der Waals surface area contributed by atoms with Gasteiger partial charge in [-0.15, -0.1) is 11.3 Å². The van der Waals surface area contributed by atoms with Gasteiger partial charge in [-0.05, 0) is 56.0 Å². The zero-order chi connectivity index (χ0) is 23.5. The lowest BCUT2D eigenvalue weighted by Crippen LogP contribution is -2.37. The van der Waals surface area contributed by atoms with Crippen molar-refractivity contribution in [2.45, 2.75) is 32.7 Å². The van der Waals surface area contributed by atoms with Crippen LogP contribution in [-0.2, 0) is 28.9 Å². The number of nitrogens with one attached hydrogen (secondary N) is 1. The number of likely N-dealkylation sites (N-methyl/N-ethyl adjacent to an activating group) is 1. The van der Waals surface area contributed by atoms with Crippen LogP contribution in [0.2, 0.25) is 0 Å². The third-order valence-electron chi connectivity index (χ3n) is 6.45. The molecule has 2 aliphatic rings. The van der Waals surface area contributed by atoms with E-state index in [0.29, 0.717) is 13.1 Å². The molecule has 0 bridgehead atoms. The number of methoxy groups -OCH3 is 1. The minimum Gasteiger partial charge on any atom is -0.497 e. The summed E-state index contributed by atoms with van der Waals surface area (Å²) in [5, 5.41) is 4.14. The Morgan fingerprint density at radius 2 is 2.00 bits per heavy atom. The highest BCUT2D eigenvalue weighted by atomic mass is 32.1. The summed E-state index contributed by atoms with van der Waals surface area (Å²) in [4.78, 5) is 29.9. The van der Waals surface area contributed by atoms with Crippen molar-refractivity contribution in [2.24, 2.45) is 0 Å². The van der Waals surface area contributed by atoms with E-state index in [1.807, 2.05) is 24.3 Å². The molecule has 1 amide bonds. The normalized spacial score (nSPS) is 15.9. The first kappa shape index (κ1) is 23.0. The molecule has 0 atom stereocenters. The molecule has 34 heavy (non-hydrogen) atoms. The summed E-state index contributed by atoms with van der Waals surface area (Å²) in [5.74, 6) is 2.40. The Kier molecular flexibility index (Phi) is 6.94. The third kappa shape index (κ3) is 4.87. The van der Waals surface area contributed by atoms with E-state index in [4.69, 9.17) is 19.4 Å². The molecular weight excluding hydrogens is 450 g/mol. The van der Waals surface area contributed by atoms with Crippen molar-refractivity contribution in [2.75, 3.05) is 56.7 Å². The quantitative estimate of drug-likeness (QED) is 0.528. The van der Waals surface area contributed by atoms with Gasteiger partial charge in [0.2, 0.25) is 5.91 Å². The predicted octanol–water partition coefficient (Wildman–Crippen LogP) is 3.49. The van der Waals surface area contributed by atoms with E-state index in [1.165, 1.54) is 16.9 Å². The average Bonchev–Trinajstić information content (AvgIpc) is 3.44. The highest BCUT2D eigenvalue weighted by Gasteiger charge is 2.26. The number of fused-ring (bicyclic) bond motifs is 3. The fraction of sp³-hybridized carbons (Fsp3) is 0.480. The Balaban J connectivity index is 1.42. The first-order valence-electron chi connectivity index (χ1n) is 11.9. The van der Waals surface area contributed by atoms with E-state index in [-0.39, 0.29) is 12.5 Å². The smallest absolute Gasteiger partial charge is 0.243 e. The van der Waals surface area contributed by atoms with E-state index >= 15 is 0 Å². The Labute approximate surface area is 203 Å². The van der Waals surface area contributed by atoms with Gasteiger partial charge in [0.25, 0.3) is 0 Å². The van der Waals surface area contributed by atoms with Gasteiger partial charge >= 0.3 is 0 Å². The maximum atomic E-state index is 13.0. The molecule has 3 heterocycles. The number of aryl methyl sites for hydroxylation is 2. The molecule has 2 aromatic heterocycles. The number of carbonyl (C=O) groups is 1. The fourth-order valence-corrected chi connectivity index (χ4v) is 5.94. The maximum Gasteiger partial charge on any atom is 0.243 e. The number of hydrogen-bond donors (Lipinski definition) is 1. The number of aromatic nitrogens is 2. The van der Waals surface area contributed by atoms with Gasteiger partial charge in [-0.2, -0.15) is 0 Å². The van der Waals surface area contributed by atoms with Crippen LogP contribution in [-0.4, -0.2) is 67.3 Å². The van der Waals surface area contributed by atoms with Crippen LogP contribution in [0.4, 0.5) is 11.5 Å². The highest BCUT2D eigenvalue weighted by molar-refractivity contribution is 7.19. The summed E-state index contributed by atoms with van der Waals surface area (Å²) in [6, 6.07) is 7.38. The molecule has 1 saturated heterocycles. The molecule has 1 aliphatic heterocycles. The second kappa shape index (κ2) is 10.2. The molecule has 3 aromatic rings. The van der Waals surface area contributed by atoms with Gasteiger partial charge in [-0.3, -0.25) is 9.69 Å². The Hall–Kier alpha value is -2.75. The number of rotatable bonds is 8. The lowest BCUT2D eigenvalue weighted by Gasteiger charge is -2.27. The molecule has 5 rings (SSSR count). The number of carbonyl (C=O) groups excluding carboxylic acids is 1. The molecule has 1 N–H and O–H groups in total. The first-order valence-corrected chi connectivity index (χ1v) is 12.8. The van der Waals surface area contributed by atoms with Gasteiger partial charge in [0.05, 0.1) is 38.8 Å². The Morgan fingerprint density at radius 1 is 1.21 bits per heavy atom. The molecule has 0 saturated carbocycles. The number of anilines is 2. The Bertz CT molecular complexity index is 1160. The molecule has 0 unspecified atom stereocenters. The fourth-order valence-electron chi connectivity index (χ4n) is 4.66. The van der Waals surface area contributed by atoms with Gasteiger partial charge in [0.1, 0.15) is 22.2 Å². The van der Waals surface area contributed by atoms with Crippen LogP contribution in [0.15, 0.2) is 24.3 Å². The molecular formula is C25H31N5O3S. The minimum atomic E-state index is -0.0691. The average molecular weight is 482 g/mol. The number of hydrogen-bond acceptors (Lipinski definition) is 8. The number of ether oxygens (including phenoxy) is 2. The van der Waals surface area contributed by atoms with E-state index in [0.717, 1.165) is 72.4 Å². The van der Waals surface area contributed by atoms with Gasteiger partial charge in [0.15, 0.2) is 0 Å². The molecule has 1 fully saturated rings. The lowest BCUT2D eigenvalue weighted by atomic mass is 10.1. The zero-order valence-electron chi connectivity index (χ0n) is 19.8. The monoisotopic (exact) mass is 481 g/mol. The molecule has 1 aromatic carbocycles. The molecule has 9 heteroatoms. The van der Waals surface area contributed by atoms with Gasteiger partial charge in [-0.1, -0.05) is 0 Å². The number of benzene rings is 1. The standard InChI is InChI=1S/C25H31N5O3S/c1-3-30(16-22(31)26-17-7-9-18(32-2)10-8-17)24-23-19-5-4-6-20(19)34-25(23)28-21(27-24)15-29-11-13-33-14-12-29/h7-10H,3-6,11-16H2,1-2H3,(H,26,31). The van der Waals surface area contributed by atoms with Crippen LogP contribution in [0.25, 0.3) is 10.2 Å². The van der Waals surface area contributed by atoms with Crippen molar-refractivity contribution in [3.05, 3.63) is 40.5 Å². The summed E-state index contributed by atoms with van der Waals surface area (Å²) >= 11 is 1.80. The Morgan fingerprint density at radius 3 is 2.74 bits per heavy atom. The van der Waals surface area contributed by atoms with Crippen LogP contribution in [0, 0.1) is 0 Å². The number of morpholine rings is 1. The van der Waals surface area contributed by atoms with Crippen LogP contribution < -0.4 is 15.0 Å². The SMILES string of the molecule is CCN(CC(=O)Nc1ccc(OC)cc1)c1nc(CN2CCOCC2)nc2sc3c(c12)CCC3. The molecule has 0 spiro atoms. The molecule has 1 aliphatic carbocycles. The number of amides is 1. The number of thiophene rings is 1. The zero-order valence-corrected chi connectivity index (χ0v) is 20.6. The topological polar surface area (TPSA) is 79.8 Å². The van der Waals surface area contributed by atoms with E-state index in [9.17, 15) is 4.79 Å². The largest absolute Gasteiger partial charge is 0.497 e. The van der Waals surface area contributed by atoms with Crippen LogP contribution in [0.1, 0.15) is 29.6 Å². The van der Waals surface area contributed by atoms with E-state index in [1.54, 1.807) is 18.4 Å². The van der Waals surface area contributed by atoms with E-state index in [2.05, 4.69) is 22.0 Å². The summed E-state index contributed by atoms with van der Waals surface area (Å²) in [6.07, 6.45) is 3.35. The van der Waals surface area contributed by atoms with Crippen LogP contribution in [0.5, 0.6) is 5.75 Å². The highest BCUT2D eigenvalue weighted by Crippen LogP contribution is 2.40. The summed E-state index contributed by atoms with van der Waals surface area (Å²) in [7, 11) is 1.63. The van der Waals surface area contributed by atoms with Crippen molar-refractivity contribution < 1.29 is 14.3 Å². The van der Waals surface area contributed by atoms with Crippen molar-refractivity contribution >= 4 is 39.0 Å². The lowest BCUT2D eigenvalue weighted by molar-refractivity contribution is -0.115. The third-order valence-corrected chi connectivity index (χ3v) is 7.64. The molecule has 0 radical (unpaired) electrons. The predicted molar refractivity (Wildman–Crippen MR) is 135 cm³/mol. The summed E-state index contributed by atoms with van der Waals surface area (Å²) in [5.41, 5.74) is 2.13. The first-order chi connectivity index (χ1) is 16.6. The van der Waals surface area contributed by atoms with Gasteiger partial charge in [-0.25, -0.2) is 9.97 Å². The second-order valence-electron chi connectivity index (χ2n) is 8.68. The van der Waals surface area contributed by atoms with Crippen molar-refractivity contribution in [1.29, 1.82) is 0 Å². The van der Waals surface area contributed by atoms with Crippen molar-refractivity contribution in [3.8, 4) is 5.75 Å². The van der Waals surface area contributed by atoms with Crippen molar-refractivity contribution in [3.63, 3.8) is 0 Å². The van der Waals surface area contributed by atoms with Crippen LogP contribution >= 0.6 is 11.3 Å². The van der Waals surface area contributed by atoms with Gasteiger partial charge < -0.3 is 19.7 Å². The summed E-state index contributed by atoms with van der Waals surface area (Å²) < 4.78 is 10.7. The molecule has 8 nitrogen and oxygen atoms in total. The maximum absolute atomic E-state index is 13.0. The second-order valence-corrected chi connectivity index (χ2v) is 9.76. The minimum absolute atomic E-state index is 0.0691. The molecule has 180 valence electrons. The van der Waals surface area contributed by atoms with E-state index < -0.39 is 0 Å². The number of nitrogens with zero attached hydrogens (tertiary/aromatic N) is 4.